The van der Waals surface area contributed by atoms with Gasteiger partial charge in [0.25, 0.3) is 15.9 Å². The van der Waals surface area contributed by atoms with Crippen molar-refractivity contribution >= 4 is 34.0 Å². The zero-order valence-corrected chi connectivity index (χ0v) is 17.1. The summed E-state index contributed by atoms with van der Waals surface area (Å²) in [5, 5.41) is 2.76. The highest BCUT2D eigenvalue weighted by Crippen LogP contribution is 2.23. The summed E-state index contributed by atoms with van der Waals surface area (Å²) >= 11 is 0. The first-order valence-electron chi connectivity index (χ1n) is 8.58. The number of hydrogen-bond donors (Lipinski definition) is 2. The lowest BCUT2D eigenvalue weighted by Gasteiger charge is -2.23. The monoisotopic (exact) mass is 411 g/mol. The molecule has 3 N–H and O–H groups in total. The number of amides is 1. The van der Waals surface area contributed by atoms with Gasteiger partial charge in [0.05, 0.1) is 10.6 Å². The van der Waals surface area contributed by atoms with Gasteiger partial charge in [-0.25, -0.2) is 8.42 Å². The van der Waals surface area contributed by atoms with Crippen LogP contribution in [0.5, 0.6) is 0 Å². The molecule has 8 heteroatoms. The Morgan fingerprint density at radius 1 is 1.15 bits per heavy atom. The average Bonchev–Trinajstić information content (AvgIpc) is 2.62. The van der Waals surface area contributed by atoms with Gasteiger partial charge in [-0.3, -0.25) is 9.10 Å². The number of anilines is 1. The molecule has 1 unspecified atom stereocenters. The van der Waals surface area contributed by atoms with E-state index in [9.17, 15) is 13.2 Å². The van der Waals surface area contributed by atoms with Crippen molar-refractivity contribution in [3.8, 4) is 0 Å². The quantitative estimate of drug-likeness (QED) is 0.698. The van der Waals surface area contributed by atoms with E-state index in [1.165, 1.54) is 16.4 Å². The predicted molar refractivity (Wildman–Crippen MR) is 111 cm³/mol. The van der Waals surface area contributed by atoms with Crippen molar-refractivity contribution in [2.24, 2.45) is 5.73 Å². The molecular weight excluding hydrogens is 386 g/mol. The van der Waals surface area contributed by atoms with Crippen molar-refractivity contribution < 1.29 is 13.2 Å². The maximum atomic E-state index is 13.0. The number of rotatable bonds is 8. The van der Waals surface area contributed by atoms with E-state index in [0.717, 1.165) is 0 Å². The van der Waals surface area contributed by atoms with Gasteiger partial charge in [-0.15, -0.1) is 12.4 Å². The topological polar surface area (TPSA) is 92.5 Å². The zero-order valence-electron chi connectivity index (χ0n) is 15.5. The number of carbonyl (C=O) groups excluding carboxylic acids is 1. The van der Waals surface area contributed by atoms with Crippen molar-refractivity contribution in [1.82, 2.24) is 5.32 Å². The molecule has 148 valence electrons. The van der Waals surface area contributed by atoms with Gasteiger partial charge in [0, 0.05) is 24.7 Å². The van der Waals surface area contributed by atoms with Gasteiger partial charge < -0.3 is 11.1 Å². The standard InChI is InChI=1S/C19H25N3O3S.ClH/c1-3-22(17-9-5-4-6-10-17)26(24,25)18-11-7-8-16(14-18)19(23)21-13-12-15(2)20;/h4-11,14-15H,3,12-13,20H2,1-2H3,(H,21,23);1H. The van der Waals surface area contributed by atoms with Gasteiger partial charge in [-0.1, -0.05) is 24.3 Å². The molecule has 0 bridgehead atoms. The summed E-state index contributed by atoms with van der Waals surface area (Å²) in [6.07, 6.45) is 0.654. The molecule has 6 nitrogen and oxygen atoms in total. The normalized spacial score (nSPS) is 12.0. The fourth-order valence-electron chi connectivity index (χ4n) is 2.53. The molecule has 0 saturated heterocycles. The number of nitrogens with two attached hydrogens (primary N) is 1. The van der Waals surface area contributed by atoms with E-state index in [4.69, 9.17) is 5.73 Å². The molecule has 0 aliphatic heterocycles. The summed E-state index contributed by atoms with van der Waals surface area (Å²) < 4.78 is 27.4. The first-order chi connectivity index (χ1) is 12.4. The lowest BCUT2D eigenvalue weighted by atomic mass is 10.2. The van der Waals surface area contributed by atoms with Crippen molar-refractivity contribution in [2.45, 2.75) is 31.2 Å². The summed E-state index contributed by atoms with van der Waals surface area (Å²) in [5.74, 6) is -0.314. The van der Waals surface area contributed by atoms with Crippen LogP contribution in [0.4, 0.5) is 5.69 Å². The van der Waals surface area contributed by atoms with E-state index >= 15 is 0 Å². The lowest BCUT2D eigenvalue weighted by Crippen LogP contribution is -2.31. The molecule has 0 radical (unpaired) electrons. The van der Waals surface area contributed by atoms with Crippen LogP contribution in [0.1, 0.15) is 30.6 Å². The van der Waals surface area contributed by atoms with Crippen LogP contribution in [0.2, 0.25) is 0 Å². The number of hydrogen-bond acceptors (Lipinski definition) is 4. The molecule has 2 rings (SSSR count). The number of benzene rings is 2. The van der Waals surface area contributed by atoms with Crippen LogP contribution in [0.15, 0.2) is 59.5 Å². The Hall–Kier alpha value is -2.09. The third-order valence-corrected chi connectivity index (χ3v) is 5.80. The van der Waals surface area contributed by atoms with Crippen LogP contribution in [0.3, 0.4) is 0 Å². The molecule has 0 spiro atoms. The molecule has 27 heavy (non-hydrogen) atoms. The Morgan fingerprint density at radius 3 is 2.41 bits per heavy atom. The highest BCUT2D eigenvalue weighted by molar-refractivity contribution is 7.92. The molecule has 1 amide bonds. The Kier molecular flexibility index (Phi) is 8.75. The number of halogens is 1. The molecule has 0 aromatic heterocycles. The molecule has 1 atom stereocenters. The number of carbonyl (C=O) groups is 1. The summed E-state index contributed by atoms with van der Waals surface area (Å²) in [6.45, 7) is 4.37. The molecular formula is C19H26ClN3O3S. The van der Waals surface area contributed by atoms with Crippen LogP contribution in [-0.2, 0) is 10.0 Å². The summed E-state index contributed by atoms with van der Waals surface area (Å²) in [6, 6.07) is 15.0. The Morgan fingerprint density at radius 2 is 1.81 bits per heavy atom. The highest BCUT2D eigenvalue weighted by atomic mass is 35.5. The number of nitrogens with zero attached hydrogens (tertiary/aromatic N) is 1. The van der Waals surface area contributed by atoms with E-state index < -0.39 is 10.0 Å². The first kappa shape index (κ1) is 23.0. The maximum absolute atomic E-state index is 13.0. The zero-order chi connectivity index (χ0) is 19.2. The fraction of sp³-hybridized carbons (Fsp3) is 0.316. The smallest absolute Gasteiger partial charge is 0.264 e. The van der Waals surface area contributed by atoms with E-state index in [-0.39, 0.29) is 35.8 Å². The second kappa shape index (κ2) is 10.3. The molecule has 0 aliphatic carbocycles. The minimum Gasteiger partial charge on any atom is -0.352 e. The van der Waals surface area contributed by atoms with Crippen molar-refractivity contribution in [1.29, 1.82) is 0 Å². The van der Waals surface area contributed by atoms with Gasteiger partial charge in [-0.2, -0.15) is 0 Å². The van der Waals surface area contributed by atoms with Crippen molar-refractivity contribution in [3.05, 3.63) is 60.2 Å². The van der Waals surface area contributed by atoms with Crippen LogP contribution >= 0.6 is 12.4 Å². The average molecular weight is 412 g/mol. The SMILES string of the molecule is CCN(c1ccccc1)S(=O)(=O)c1cccc(C(=O)NCCC(C)N)c1.Cl. The first-order valence-corrected chi connectivity index (χ1v) is 10.0. The second-order valence-electron chi connectivity index (χ2n) is 6.06. The number of nitrogens with one attached hydrogen (secondary N) is 1. The third kappa shape index (κ3) is 5.95. The Bertz CT molecular complexity index is 842. The minimum absolute atomic E-state index is 0. The van der Waals surface area contributed by atoms with Gasteiger partial charge in [0.1, 0.15) is 0 Å². The largest absolute Gasteiger partial charge is 0.352 e. The molecule has 0 heterocycles. The summed E-state index contributed by atoms with van der Waals surface area (Å²) in [4.78, 5) is 12.3. The number of sulfonamides is 1. The Balaban J connectivity index is 0.00000364. The molecule has 2 aromatic rings. The van der Waals surface area contributed by atoms with E-state index in [2.05, 4.69) is 5.32 Å². The number of para-hydroxylation sites is 1. The van der Waals surface area contributed by atoms with Crippen molar-refractivity contribution in [2.75, 3.05) is 17.4 Å². The Labute approximate surface area is 167 Å². The van der Waals surface area contributed by atoms with Crippen LogP contribution < -0.4 is 15.4 Å². The minimum atomic E-state index is -3.76. The van der Waals surface area contributed by atoms with Gasteiger partial charge >= 0.3 is 0 Å². The predicted octanol–water partition coefficient (Wildman–Crippen LogP) is 2.79. The highest BCUT2D eigenvalue weighted by Gasteiger charge is 2.24. The molecule has 0 aliphatic rings. The fourth-order valence-corrected chi connectivity index (χ4v) is 4.05. The van der Waals surface area contributed by atoms with Crippen LogP contribution in [-0.4, -0.2) is 33.5 Å². The second-order valence-corrected chi connectivity index (χ2v) is 7.92. The van der Waals surface area contributed by atoms with Gasteiger partial charge in [0.2, 0.25) is 0 Å². The van der Waals surface area contributed by atoms with Gasteiger partial charge in [-0.05, 0) is 50.6 Å². The molecule has 0 fully saturated rings. The van der Waals surface area contributed by atoms with Crippen LogP contribution in [0.25, 0.3) is 0 Å². The lowest BCUT2D eigenvalue weighted by molar-refractivity contribution is 0.0952. The van der Waals surface area contributed by atoms with E-state index in [1.807, 2.05) is 13.0 Å². The van der Waals surface area contributed by atoms with E-state index in [1.54, 1.807) is 43.3 Å². The third-order valence-electron chi connectivity index (χ3n) is 3.90. The molecule has 0 saturated carbocycles. The van der Waals surface area contributed by atoms with Gasteiger partial charge in [0.15, 0.2) is 0 Å². The summed E-state index contributed by atoms with van der Waals surface area (Å²) in [5.41, 5.74) is 6.56. The molecule has 2 aromatic carbocycles. The van der Waals surface area contributed by atoms with Crippen LogP contribution in [0, 0.1) is 0 Å². The summed E-state index contributed by atoms with van der Waals surface area (Å²) in [7, 11) is -3.76. The van der Waals surface area contributed by atoms with E-state index in [0.29, 0.717) is 24.2 Å². The maximum Gasteiger partial charge on any atom is 0.264 e. The van der Waals surface area contributed by atoms with Crippen molar-refractivity contribution in [3.63, 3.8) is 0 Å².